The van der Waals surface area contributed by atoms with Gasteiger partial charge in [0.15, 0.2) is 0 Å². The van der Waals surface area contributed by atoms with Gasteiger partial charge in [0.2, 0.25) is 0 Å². The molecule has 0 aliphatic heterocycles. The highest BCUT2D eigenvalue weighted by Gasteiger charge is 2.11. The minimum atomic E-state index is -0.642. The molecule has 2 rings (SSSR count). The van der Waals surface area contributed by atoms with Crippen molar-refractivity contribution in [3.8, 4) is 0 Å². The first-order chi connectivity index (χ1) is 8.58. The van der Waals surface area contributed by atoms with E-state index in [1.165, 1.54) is 10.9 Å². The molecule has 0 fully saturated rings. The van der Waals surface area contributed by atoms with Gasteiger partial charge in [0.05, 0.1) is 18.3 Å². The number of benzene rings is 1. The van der Waals surface area contributed by atoms with Crippen molar-refractivity contribution in [3.63, 3.8) is 0 Å². The van der Waals surface area contributed by atoms with Crippen LogP contribution in [-0.2, 0) is 6.54 Å². The van der Waals surface area contributed by atoms with Gasteiger partial charge >= 0.3 is 0 Å². The zero-order valence-corrected chi connectivity index (χ0v) is 11.2. The van der Waals surface area contributed by atoms with Gasteiger partial charge in [0.25, 0.3) is 0 Å². The van der Waals surface area contributed by atoms with E-state index < -0.39 is 6.10 Å². The van der Waals surface area contributed by atoms with Crippen LogP contribution in [-0.4, -0.2) is 12.2 Å². The summed E-state index contributed by atoms with van der Waals surface area (Å²) in [5, 5.41) is 11.4. The van der Waals surface area contributed by atoms with Crippen molar-refractivity contribution in [2.75, 3.05) is 11.9 Å². The molecule has 2 aromatic rings. The maximum absolute atomic E-state index is 13.9. The highest BCUT2D eigenvalue weighted by molar-refractivity contribution is 7.09. The molecule has 1 heterocycles. The van der Waals surface area contributed by atoms with Crippen LogP contribution >= 0.6 is 11.3 Å². The molecule has 0 saturated heterocycles. The Morgan fingerprint density at radius 2 is 2.17 bits per heavy atom. The summed E-state index contributed by atoms with van der Waals surface area (Å²) in [7, 11) is 1.86. The largest absolute Gasteiger partial charge is 0.389 e. The van der Waals surface area contributed by atoms with Gasteiger partial charge in [-0.15, -0.1) is 11.3 Å². The normalized spacial score (nSPS) is 12.4. The van der Waals surface area contributed by atoms with Crippen LogP contribution in [0.4, 0.5) is 10.1 Å². The number of aliphatic hydroxyl groups excluding tert-OH is 1. The van der Waals surface area contributed by atoms with Crippen LogP contribution in [0.3, 0.4) is 0 Å². The summed E-state index contributed by atoms with van der Waals surface area (Å²) >= 11 is 1.66. The summed E-state index contributed by atoms with van der Waals surface area (Å²) in [5.41, 5.74) is 1.15. The molecule has 0 amide bonds. The minimum Gasteiger partial charge on any atom is -0.389 e. The summed E-state index contributed by atoms with van der Waals surface area (Å²) in [6, 6.07) is 8.88. The second kappa shape index (κ2) is 5.50. The van der Waals surface area contributed by atoms with Crippen LogP contribution in [0, 0.1) is 5.82 Å². The summed E-state index contributed by atoms with van der Waals surface area (Å²) in [6.07, 6.45) is -0.642. The second-order valence-corrected chi connectivity index (χ2v) is 5.35. The minimum absolute atomic E-state index is 0.299. The SMILES string of the molecule is C[C@H](O)c1ccc(N(C)Cc2cccs2)c(F)c1. The third-order valence-electron chi connectivity index (χ3n) is 2.84. The van der Waals surface area contributed by atoms with Crippen molar-refractivity contribution in [1.82, 2.24) is 0 Å². The van der Waals surface area contributed by atoms with Crippen molar-refractivity contribution in [2.24, 2.45) is 0 Å². The first kappa shape index (κ1) is 13.1. The first-order valence-electron chi connectivity index (χ1n) is 5.79. The number of hydrogen-bond acceptors (Lipinski definition) is 3. The zero-order chi connectivity index (χ0) is 13.1. The summed E-state index contributed by atoms with van der Waals surface area (Å²) in [6.45, 7) is 2.31. The molecule has 0 radical (unpaired) electrons. The van der Waals surface area contributed by atoms with E-state index in [-0.39, 0.29) is 5.82 Å². The van der Waals surface area contributed by atoms with E-state index in [1.807, 2.05) is 29.5 Å². The fourth-order valence-electron chi connectivity index (χ4n) is 1.81. The van der Waals surface area contributed by atoms with Crippen LogP contribution in [0.2, 0.25) is 0 Å². The Bertz CT molecular complexity index is 511. The number of rotatable bonds is 4. The van der Waals surface area contributed by atoms with Crippen molar-refractivity contribution in [3.05, 3.63) is 52.0 Å². The molecule has 0 aliphatic rings. The Morgan fingerprint density at radius 3 is 2.72 bits per heavy atom. The molecule has 0 bridgehead atoms. The number of hydrogen-bond donors (Lipinski definition) is 1. The lowest BCUT2D eigenvalue weighted by Crippen LogP contribution is -2.17. The van der Waals surface area contributed by atoms with E-state index >= 15 is 0 Å². The maximum atomic E-state index is 13.9. The molecule has 0 spiro atoms. The highest BCUT2D eigenvalue weighted by atomic mass is 32.1. The molecular formula is C14H16FNOS. The Balaban J connectivity index is 2.17. The van der Waals surface area contributed by atoms with Gasteiger partial charge in [-0.25, -0.2) is 4.39 Å². The molecule has 1 atom stereocenters. The van der Waals surface area contributed by atoms with Crippen LogP contribution in [0.1, 0.15) is 23.5 Å². The van der Waals surface area contributed by atoms with E-state index in [2.05, 4.69) is 0 Å². The predicted molar refractivity (Wildman–Crippen MR) is 73.5 cm³/mol. The standard InChI is InChI=1S/C14H16FNOS/c1-10(17)11-5-6-14(13(15)8-11)16(2)9-12-4-3-7-18-12/h3-8,10,17H,9H2,1-2H3/t10-/m0/s1. The monoisotopic (exact) mass is 265 g/mol. The van der Waals surface area contributed by atoms with Gasteiger partial charge in [-0.2, -0.15) is 0 Å². The topological polar surface area (TPSA) is 23.5 Å². The van der Waals surface area contributed by atoms with Gasteiger partial charge in [0.1, 0.15) is 5.82 Å². The summed E-state index contributed by atoms with van der Waals surface area (Å²) in [4.78, 5) is 3.06. The smallest absolute Gasteiger partial charge is 0.146 e. The van der Waals surface area contributed by atoms with E-state index in [1.54, 1.807) is 30.4 Å². The number of aliphatic hydroxyl groups is 1. The van der Waals surface area contributed by atoms with Crippen LogP contribution in [0.5, 0.6) is 0 Å². The van der Waals surface area contributed by atoms with Gasteiger partial charge in [-0.05, 0) is 36.1 Å². The molecule has 0 unspecified atom stereocenters. The third kappa shape index (κ3) is 2.89. The molecule has 96 valence electrons. The van der Waals surface area contributed by atoms with Gasteiger partial charge in [-0.3, -0.25) is 0 Å². The lowest BCUT2D eigenvalue weighted by molar-refractivity contribution is 0.199. The zero-order valence-electron chi connectivity index (χ0n) is 10.4. The summed E-state index contributed by atoms with van der Waals surface area (Å²) < 4.78 is 13.9. The van der Waals surface area contributed by atoms with Gasteiger partial charge < -0.3 is 10.0 Å². The second-order valence-electron chi connectivity index (χ2n) is 4.32. The first-order valence-corrected chi connectivity index (χ1v) is 6.67. The highest BCUT2D eigenvalue weighted by Crippen LogP contribution is 2.24. The van der Waals surface area contributed by atoms with Gasteiger partial charge in [0, 0.05) is 11.9 Å². The molecule has 1 aromatic carbocycles. The van der Waals surface area contributed by atoms with E-state index in [0.717, 1.165) is 0 Å². The fourth-order valence-corrected chi connectivity index (χ4v) is 2.57. The van der Waals surface area contributed by atoms with Crippen molar-refractivity contribution in [2.45, 2.75) is 19.6 Å². The lowest BCUT2D eigenvalue weighted by Gasteiger charge is -2.20. The molecule has 4 heteroatoms. The van der Waals surface area contributed by atoms with Gasteiger partial charge in [-0.1, -0.05) is 12.1 Å². The Labute approximate surface area is 110 Å². The van der Waals surface area contributed by atoms with Crippen molar-refractivity contribution < 1.29 is 9.50 Å². The Morgan fingerprint density at radius 1 is 1.39 bits per heavy atom. The maximum Gasteiger partial charge on any atom is 0.146 e. The molecule has 0 saturated carbocycles. The van der Waals surface area contributed by atoms with E-state index in [0.29, 0.717) is 17.8 Å². The fraction of sp³-hybridized carbons (Fsp3) is 0.286. The van der Waals surface area contributed by atoms with Crippen LogP contribution in [0.15, 0.2) is 35.7 Å². The summed E-state index contributed by atoms with van der Waals surface area (Å²) in [5.74, 6) is -0.299. The molecular weight excluding hydrogens is 249 g/mol. The predicted octanol–water partition coefficient (Wildman–Crippen LogP) is 3.58. The lowest BCUT2D eigenvalue weighted by atomic mass is 10.1. The van der Waals surface area contributed by atoms with Crippen molar-refractivity contribution in [1.29, 1.82) is 0 Å². The number of thiophene rings is 1. The number of anilines is 1. The quantitative estimate of drug-likeness (QED) is 0.913. The molecule has 0 aliphatic carbocycles. The molecule has 2 nitrogen and oxygen atoms in total. The molecule has 1 aromatic heterocycles. The third-order valence-corrected chi connectivity index (χ3v) is 3.70. The van der Waals surface area contributed by atoms with Crippen LogP contribution < -0.4 is 4.90 Å². The average molecular weight is 265 g/mol. The number of halogens is 1. The molecule has 18 heavy (non-hydrogen) atoms. The average Bonchev–Trinajstić information content (AvgIpc) is 2.81. The Hall–Kier alpha value is -1.39. The molecule has 1 N–H and O–H groups in total. The van der Waals surface area contributed by atoms with Crippen LogP contribution in [0.25, 0.3) is 0 Å². The van der Waals surface area contributed by atoms with Crippen molar-refractivity contribution >= 4 is 17.0 Å². The van der Waals surface area contributed by atoms with E-state index in [4.69, 9.17) is 0 Å². The Kier molecular flexibility index (Phi) is 3.99. The van der Waals surface area contributed by atoms with E-state index in [9.17, 15) is 9.50 Å². The number of nitrogens with zero attached hydrogens (tertiary/aromatic N) is 1.